The van der Waals surface area contributed by atoms with Crippen molar-refractivity contribution in [2.45, 2.75) is 72.3 Å². The maximum atomic E-state index is 11.9. The number of hydrogen-bond donors (Lipinski definition) is 0. The fraction of sp³-hybridized carbons (Fsp3) is 0.458. The second kappa shape index (κ2) is 8.60. The van der Waals surface area contributed by atoms with Crippen molar-refractivity contribution in [1.29, 1.82) is 0 Å². The molecule has 0 aliphatic heterocycles. The van der Waals surface area contributed by atoms with Crippen molar-refractivity contribution in [3.63, 3.8) is 0 Å². The molecule has 2 aromatic carbocycles. The van der Waals surface area contributed by atoms with Crippen molar-refractivity contribution in [2.24, 2.45) is 0 Å². The summed E-state index contributed by atoms with van der Waals surface area (Å²) >= 11 is 0. The van der Waals surface area contributed by atoms with Crippen molar-refractivity contribution in [1.82, 2.24) is 0 Å². The van der Waals surface area contributed by atoms with E-state index in [0.717, 1.165) is 24.2 Å². The maximum absolute atomic E-state index is 11.9. The first-order valence-electron chi connectivity index (χ1n) is 10.1. The molecular weight excluding hydrogens is 336 g/mol. The van der Waals surface area contributed by atoms with Crippen molar-refractivity contribution < 1.29 is 14.3 Å². The Hall–Kier alpha value is -2.29. The van der Waals surface area contributed by atoms with Gasteiger partial charge in [-0.2, -0.15) is 0 Å². The van der Waals surface area contributed by atoms with E-state index >= 15 is 0 Å². The molecule has 3 heteroatoms. The molecule has 0 aromatic heterocycles. The molecule has 144 valence electrons. The van der Waals surface area contributed by atoms with Gasteiger partial charge in [-0.25, -0.2) is 0 Å². The summed E-state index contributed by atoms with van der Waals surface area (Å²) in [6, 6.07) is 10.4. The Balaban J connectivity index is 1.89. The molecule has 27 heavy (non-hydrogen) atoms. The van der Waals surface area contributed by atoms with Crippen molar-refractivity contribution in [3.8, 4) is 11.5 Å². The summed E-state index contributed by atoms with van der Waals surface area (Å²) in [4.78, 5) is 11.9. The highest BCUT2D eigenvalue weighted by molar-refractivity contribution is 5.72. The van der Waals surface area contributed by atoms with Crippen LogP contribution in [0.1, 0.15) is 73.8 Å². The minimum absolute atomic E-state index is 0.207. The quantitative estimate of drug-likeness (QED) is 0.431. The van der Waals surface area contributed by atoms with Crippen molar-refractivity contribution in [2.75, 3.05) is 0 Å². The molecule has 0 saturated heterocycles. The predicted octanol–water partition coefficient (Wildman–Crippen LogP) is 5.89. The zero-order valence-electron chi connectivity index (χ0n) is 16.9. The van der Waals surface area contributed by atoms with Gasteiger partial charge in [0.05, 0.1) is 0 Å². The molecule has 3 rings (SSSR count). The topological polar surface area (TPSA) is 35.5 Å². The average molecular weight is 367 g/mol. The van der Waals surface area contributed by atoms with Gasteiger partial charge in [-0.05, 0) is 72.9 Å². The van der Waals surface area contributed by atoms with Crippen LogP contribution in [0, 0.1) is 6.92 Å². The predicted molar refractivity (Wildman–Crippen MR) is 109 cm³/mol. The number of carbonyl (C=O) groups is 1. The maximum Gasteiger partial charge on any atom is 0.310 e. The third kappa shape index (κ3) is 4.52. The summed E-state index contributed by atoms with van der Waals surface area (Å²) in [6.45, 7) is 8.72. The summed E-state index contributed by atoms with van der Waals surface area (Å²) in [5.41, 5.74) is 6.14. The molecule has 1 aliphatic rings. The minimum Gasteiger partial charge on any atom is -0.488 e. The first-order valence-corrected chi connectivity index (χ1v) is 10.1. The smallest absolute Gasteiger partial charge is 0.310 e. The number of hydrogen-bond acceptors (Lipinski definition) is 3. The lowest BCUT2D eigenvalue weighted by atomic mass is 10.00. The second-order valence-corrected chi connectivity index (χ2v) is 7.31. The number of benzene rings is 2. The SMILES string of the molecule is CCC(=O)Oc1cccc(C2CC2)c1COc1cc(C)c(CC)cc1CC. The van der Waals surface area contributed by atoms with E-state index < -0.39 is 0 Å². The molecule has 0 atom stereocenters. The zero-order chi connectivity index (χ0) is 19.4. The van der Waals surface area contributed by atoms with E-state index in [-0.39, 0.29) is 5.97 Å². The molecular formula is C24H30O3. The highest BCUT2D eigenvalue weighted by atomic mass is 16.5. The second-order valence-electron chi connectivity index (χ2n) is 7.31. The van der Waals surface area contributed by atoms with Crippen LogP contribution in [0.5, 0.6) is 11.5 Å². The van der Waals surface area contributed by atoms with Crippen LogP contribution in [0.3, 0.4) is 0 Å². The molecule has 0 amide bonds. The van der Waals surface area contributed by atoms with E-state index in [1.54, 1.807) is 0 Å². The lowest BCUT2D eigenvalue weighted by Gasteiger charge is -2.18. The molecule has 0 radical (unpaired) electrons. The van der Waals surface area contributed by atoms with E-state index in [9.17, 15) is 4.79 Å². The van der Waals surface area contributed by atoms with Crippen molar-refractivity contribution >= 4 is 5.97 Å². The van der Waals surface area contributed by atoms with Crippen LogP contribution in [0.4, 0.5) is 0 Å². The highest BCUT2D eigenvalue weighted by Crippen LogP contribution is 2.44. The molecule has 0 bridgehead atoms. The van der Waals surface area contributed by atoms with Crippen LogP contribution < -0.4 is 9.47 Å². The van der Waals surface area contributed by atoms with Gasteiger partial charge in [-0.15, -0.1) is 0 Å². The van der Waals surface area contributed by atoms with Crippen molar-refractivity contribution in [3.05, 3.63) is 58.1 Å². The number of esters is 1. The highest BCUT2D eigenvalue weighted by Gasteiger charge is 2.28. The molecule has 2 aromatic rings. The number of aryl methyl sites for hydroxylation is 3. The van der Waals surface area contributed by atoms with E-state index in [2.05, 4.69) is 39.0 Å². The molecule has 3 nitrogen and oxygen atoms in total. The summed E-state index contributed by atoms with van der Waals surface area (Å²) in [5.74, 6) is 1.94. The molecule has 1 saturated carbocycles. The third-order valence-electron chi connectivity index (χ3n) is 5.35. The van der Waals surface area contributed by atoms with Crippen LogP contribution >= 0.6 is 0 Å². The first kappa shape index (κ1) is 19.5. The minimum atomic E-state index is -0.207. The molecule has 1 fully saturated rings. The normalized spacial score (nSPS) is 13.5. The summed E-state index contributed by atoms with van der Waals surface area (Å²) in [7, 11) is 0. The average Bonchev–Trinajstić information content (AvgIpc) is 3.51. The molecule has 0 N–H and O–H groups in total. The Morgan fingerprint density at radius 1 is 1.04 bits per heavy atom. The summed E-state index contributed by atoms with van der Waals surface area (Å²) in [6.07, 6.45) is 4.72. The third-order valence-corrected chi connectivity index (χ3v) is 5.35. The van der Waals surface area contributed by atoms with Crippen LogP contribution in [0.2, 0.25) is 0 Å². The van der Waals surface area contributed by atoms with Crippen LogP contribution in [0.25, 0.3) is 0 Å². The van der Waals surface area contributed by atoms with E-state index in [0.29, 0.717) is 24.7 Å². The Morgan fingerprint density at radius 3 is 2.41 bits per heavy atom. The largest absolute Gasteiger partial charge is 0.488 e. The van der Waals surface area contributed by atoms with Gasteiger partial charge in [-0.1, -0.05) is 39.0 Å². The Bertz CT molecular complexity index is 819. The Morgan fingerprint density at radius 2 is 1.78 bits per heavy atom. The van der Waals surface area contributed by atoms with E-state index in [1.807, 2.05) is 19.1 Å². The van der Waals surface area contributed by atoms with Gasteiger partial charge in [0.15, 0.2) is 0 Å². The van der Waals surface area contributed by atoms with Gasteiger partial charge in [-0.3, -0.25) is 4.79 Å². The van der Waals surface area contributed by atoms with Gasteiger partial charge in [0.2, 0.25) is 0 Å². The molecule has 0 unspecified atom stereocenters. The van der Waals surface area contributed by atoms with Gasteiger partial charge in [0.1, 0.15) is 18.1 Å². The fourth-order valence-electron chi connectivity index (χ4n) is 3.52. The van der Waals surface area contributed by atoms with Crippen LogP contribution in [-0.4, -0.2) is 5.97 Å². The number of ether oxygens (including phenoxy) is 2. The zero-order valence-corrected chi connectivity index (χ0v) is 16.9. The molecule has 0 spiro atoms. The lowest BCUT2D eigenvalue weighted by molar-refractivity contribution is -0.134. The van der Waals surface area contributed by atoms with Gasteiger partial charge in [0, 0.05) is 12.0 Å². The lowest BCUT2D eigenvalue weighted by Crippen LogP contribution is -2.10. The summed E-state index contributed by atoms with van der Waals surface area (Å²) < 4.78 is 11.9. The fourth-order valence-corrected chi connectivity index (χ4v) is 3.52. The molecule has 1 aliphatic carbocycles. The monoisotopic (exact) mass is 366 g/mol. The van der Waals surface area contributed by atoms with Crippen LogP contribution in [-0.2, 0) is 24.2 Å². The van der Waals surface area contributed by atoms with Gasteiger partial charge < -0.3 is 9.47 Å². The van der Waals surface area contributed by atoms with Gasteiger partial charge in [0.25, 0.3) is 0 Å². The van der Waals surface area contributed by atoms with E-state index in [4.69, 9.17) is 9.47 Å². The van der Waals surface area contributed by atoms with E-state index in [1.165, 1.54) is 35.1 Å². The van der Waals surface area contributed by atoms with Gasteiger partial charge >= 0.3 is 5.97 Å². The number of rotatable bonds is 8. The van der Waals surface area contributed by atoms with Crippen LogP contribution in [0.15, 0.2) is 30.3 Å². The Labute approximate surface area is 162 Å². The summed E-state index contributed by atoms with van der Waals surface area (Å²) in [5, 5.41) is 0. The first-order chi connectivity index (χ1) is 13.1. The Kier molecular flexibility index (Phi) is 6.20. The number of carbonyl (C=O) groups excluding carboxylic acids is 1. The molecule has 0 heterocycles. The standard InChI is InChI=1S/C24H30O3/c1-5-17-14-18(6-2)23(13-16(17)4)26-15-21-20(19-11-12-19)9-8-10-22(21)27-24(25)7-3/h8-10,13-14,19H,5-7,11-12,15H2,1-4H3.